The summed E-state index contributed by atoms with van der Waals surface area (Å²) in [5.74, 6) is 1.74. The first kappa shape index (κ1) is 16.4. The van der Waals surface area contributed by atoms with Crippen molar-refractivity contribution in [2.24, 2.45) is 23.5 Å². The molecule has 0 aliphatic heterocycles. The van der Waals surface area contributed by atoms with Gasteiger partial charge in [-0.2, -0.15) is 0 Å². The Kier molecular flexibility index (Phi) is 7.39. The van der Waals surface area contributed by atoms with Crippen LogP contribution in [0.2, 0.25) is 0 Å². The molecule has 1 aliphatic carbocycles. The molecule has 0 saturated heterocycles. The number of carbonyl (C=O) groups excluding carboxylic acids is 1. The van der Waals surface area contributed by atoms with Crippen LogP contribution in [0.1, 0.15) is 52.4 Å². The number of rotatable bonds is 7. The average molecular weight is 270 g/mol. The molecule has 1 aliphatic rings. The Labute approximate surface area is 117 Å². The van der Waals surface area contributed by atoms with Crippen molar-refractivity contribution in [1.82, 2.24) is 5.32 Å². The Bertz CT molecular complexity index is 261. The fraction of sp³-hybridized carbons (Fsp3) is 0.933. The van der Waals surface area contributed by atoms with Crippen LogP contribution in [0.25, 0.3) is 0 Å². The molecule has 19 heavy (non-hydrogen) atoms. The lowest BCUT2D eigenvalue weighted by molar-refractivity contribution is -0.123. The number of nitrogens with two attached hydrogens (primary N) is 1. The van der Waals surface area contributed by atoms with E-state index in [1.807, 2.05) is 0 Å². The molecule has 1 rings (SSSR count). The molecule has 1 unspecified atom stereocenters. The number of hydrogen-bond acceptors (Lipinski definition) is 3. The zero-order valence-electron chi connectivity index (χ0n) is 12.4. The van der Waals surface area contributed by atoms with Crippen LogP contribution >= 0.6 is 0 Å². The van der Waals surface area contributed by atoms with Crippen LogP contribution in [0.4, 0.5) is 0 Å². The lowest BCUT2D eigenvalue weighted by Gasteiger charge is -2.28. The quantitative estimate of drug-likeness (QED) is 0.658. The number of nitrogens with one attached hydrogen (secondary N) is 1. The molecule has 0 heterocycles. The normalized spacial score (nSPS) is 25.3. The summed E-state index contributed by atoms with van der Waals surface area (Å²) in [5.41, 5.74) is 5.67. The average Bonchev–Trinajstić information content (AvgIpc) is 2.38. The molecule has 4 N–H and O–H groups in total. The van der Waals surface area contributed by atoms with Gasteiger partial charge in [0.25, 0.3) is 0 Å². The van der Waals surface area contributed by atoms with Crippen molar-refractivity contribution in [2.45, 2.75) is 58.4 Å². The minimum atomic E-state index is -0.0899. The van der Waals surface area contributed by atoms with E-state index in [1.54, 1.807) is 0 Å². The summed E-state index contributed by atoms with van der Waals surface area (Å²) in [6, 6.07) is -0.0899. The monoisotopic (exact) mass is 270 g/mol. The largest absolute Gasteiger partial charge is 0.394 e. The van der Waals surface area contributed by atoms with Gasteiger partial charge in [0.05, 0.1) is 12.6 Å². The van der Waals surface area contributed by atoms with Crippen molar-refractivity contribution in [1.29, 1.82) is 0 Å². The summed E-state index contributed by atoms with van der Waals surface area (Å²) in [5, 5.41) is 12.2. The van der Waals surface area contributed by atoms with Gasteiger partial charge in [-0.15, -0.1) is 0 Å². The summed E-state index contributed by atoms with van der Waals surface area (Å²) in [7, 11) is 0. The van der Waals surface area contributed by atoms with E-state index in [2.05, 4.69) is 19.2 Å². The standard InChI is InChI=1S/C15H30N2O2/c1-11(2)7-14(10-18)17-15(19)8-12-3-5-13(9-16)6-4-12/h11-14,18H,3-10,16H2,1-2H3,(H,17,19). The molecule has 1 atom stereocenters. The Morgan fingerprint density at radius 2 is 1.84 bits per heavy atom. The SMILES string of the molecule is CC(C)CC(CO)NC(=O)CC1CCC(CN)CC1. The zero-order valence-corrected chi connectivity index (χ0v) is 12.4. The molecule has 0 aromatic carbocycles. The second kappa shape index (κ2) is 8.54. The fourth-order valence-electron chi connectivity index (χ4n) is 2.97. The summed E-state index contributed by atoms with van der Waals surface area (Å²) < 4.78 is 0. The molecule has 4 nitrogen and oxygen atoms in total. The highest BCUT2D eigenvalue weighted by atomic mass is 16.3. The first-order chi connectivity index (χ1) is 9.05. The maximum Gasteiger partial charge on any atom is 0.220 e. The van der Waals surface area contributed by atoms with Gasteiger partial charge in [-0.3, -0.25) is 4.79 Å². The molecule has 0 bridgehead atoms. The van der Waals surface area contributed by atoms with Crippen LogP contribution in [0.3, 0.4) is 0 Å². The minimum absolute atomic E-state index is 0.0316. The van der Waals surface area contributed by atoms with Crippen molar-refractivity contribution in [2.75, 3.05) is 13.2 Å². The fourth-order valence-corrected chi connectivity index (χ4v) is 2.97. The smallest absolute Gasteiger partial charge is 0.220 e. The van der Waals surface area contributed by atoms with Gasteiger partial charge in [-0.25, -0.2) is 0 Å². The predicted octanol–water partition coefficient (Wildman–Crippen LogP) is 1.66. The Hall–Kier alpha value is -0.610. The third-order valence-corrected chi connectivity index (χ3v) is 4.12. The first-order valence-corrected chi connectivity index (χ1v) is 7.65. The molecule has 1 saturated carbocycles. The van der Waals surface area contributed by atoms with Gasteiger partial charge in [-0.05, 0) is 56.4 Å². The second-order valence-corrected chi connectivity index (χ2v) is 6.40. The van der Waals surface area contributed by atoms with Gasteiger partial charge in [0.15, 0.2) is 0 Å². The van der Waals surface area contributed by atoms with Gasteiger partial charge < -0.3 is 16.2 Å². The van der Waals surface area contributed by atoms with Crippen LogP contribution in [0.15, 0.2) is 0 Å². The molecule has 4 heteroatoms. The summed E-state index contributed by atoms with van der Waals surface area (Å²) in [6.45, 7) is 5.01. The molecule has 112 valence electrons. The van der Waals surface area contributed by atoms with Crippen molar-refractivity contribution in [3.05, 3.63) is 0 Å². The molecule has 0 radical (unpaired) electrons. The molecule has 1 amide bonds. The van der Waals surface area contributed by atoms with E-state index >= 15 is 0 Å². The van der Waals surface area contributed by atoms with Gasteiger partial charge in [0.2, 0.25) is 5.91 Å². The molecule has 0 aromatic heterocycles. The number of aliphatic hydroxyl groups is 1. The maximum absolute atomic E-state index is 12.0. The number of carbonyl (C=O) groups is 1. The van der Waals surface area contributed by atoms with Crippen molar-refractivity contribution in [3.63, 3.8) is 0 Å². The molecular weight excluding hydrogens is 240 g/mol. The Morgan fingerprint density at radius 3 is 2.32 bits per heavy atom. The number of hydrogen-bond donors (Lipinski definition) is 3. The van der Waals surface area contributed by atoms with E-state index in [9.17, 15) is 9.90 Å². The Balaban J connectivity index is 2.27. The number of amides is 1. The van der Waals surface area contributed by atoms with Crippen molar-refractivity contribution < 1.29 is 9.90 Å². The van der Waals surface area contributed by atoms with E-state index in [-0.39, 0.29) is 18.6 Å². The summed E-state index contributed by atoms with van der Waals surface area (Å²) in [6.07, 6.45) is 5.98. The van der Waals surface area contributed by atoms with E-state index in [0.717, 1.165) is 38.6 Å². The van der Waals surface area contributed by atoms with Crippen LogP contribution in [-0.2, 0) is 4.79 Å². The Morgan fingerprint density at radius 1 is 1.26 bits per heavy atom. The second-order valence-electron chi connectivity index (χ2n) is 6.40. The lowest BCUT2D eigenvalue weighted by atomic mass is 9.80. The summed E-state index contributed by atoms with van der Waals surface area (Å²) >= 11 is 0. The van der Waals surface area contributed by atoms with Crippen LogP contribution in [0, 0.1) is 17.8 Å². The van der Waals surface area contributed by atoms with E-state index in [0.29, 0.717) is 24.2 Å². The summed E-state index contributed by atoms with van der Waals surface area (Å²) in [4.78, 5) is 12.0. The number of aliphatic hydroxyl groups excluding tert-OH is 1. The van der Waals surface area contributed by atoms with E-state index in [4.69, 9.17) is 5.73 Å². The third kappa shape index (κ3) is 6.39. The topological polar surface area (TPSA) is 75.3 Å². The molecule has 0 spiro atoms. The van der Waals surface area contributed by atoms with Crippen LogP contribution in [-0.4, -0.2) is 30.2 Å². The lowest BCUT2D eigenvalue weighted by Crippen LogP contribution is -2.39. The van der Waals surface area contributed by atoms with Gasteiger partial charge in [-0.1, -0.05) is 13.8 Å². The third-order valence-electron chi connectivity index (χ3n) is 4.12. The van der Waals surface area contributed by atoms with Gasteiger partial charge in [0, 0.05) is 6.42 Å². The predicted molar refractivity (Wildman–Crippen MR) is 77.6 cm³/mol. The first-order valence-electron chi connectivity index (χ1n) is 7.65. The zero-order chi connectivity index (χ0) is 14.3. The highest BCUT2D eigenvalue weighted by Crippen LogP contribution is 2.30. The minimum Gasteiger partial charge on any atom is -0.394 e. The highest BCUT2D eigenvalue weighted by Gasteiger charge is 2.23. The van der Waals surface area contributed by atoms with E-state index in [1.165, 1.54) is 0 Å². The van der Waals surface area contributed by atoms with E-state index < -0.39 is 0 Å². The molecular formula is C15H30N2O2. The molecule has 1 fully saturated rings. The maximum atomic E-state index is 12.0. The van der Waals surface area contributed by atoms with Crippen molar-refractivity contribution >= 4 is 5.91 Å². The van der Waals surface area contributed by atoms with Crippen LogP contribution in [0.5, 0.6) is 0 Å². The molecule has 0 aromatic rings. The highest BCUT2D eigenvalue weighted by molar-refractivity contribution is 5.76. The van der Waals surface area contributed by atoms with Gasteiger partial charge in [0.1, 0.15) is 0 Å². The van der Waals surface area contributed by atoms with Crippen molar-refractivity contribution in [3.8, 4) is 0 Å². The van der Waals surface area contributed by atoms with Crippen LogP contribution < -0.4 is 11.1 Å². The van der Waals surface area contributed by atoms with Gasteiger partial charge >= 0.3 is 0 Å².